The van der Waals surface area contributed by atoms with Crippen LogP contribution in [-0.4, -0.2) is 27.0 Å². The summed E-state index contributed by atoms with van der Waals surface area (Å²) >= 11 is 0. The fraction of sp³-hybridized carbons (Fsp3) is 0.350. The first kappa shape index (κ1) is 23.8. The number of amides is 1. The van der Waals surface area contributed by atoms with Gasteiger partial charge in [0.1, 0.15) is 0 Å². The van der Waals surface area contributed by atoms with Crippen LogP contribution in [0.5, 0.6) is 0 Å². The summed E-state index contributed by atoms with van der Waals surface area (Å²) in [6, 6.07) is 10.7. The molecule has 0 fully saturated rings. The Morgan fingerprint density at radius 2 is 1.73 bits per heavy atom. The first-order chi connectivity index (χ1) is 14.0. The summed E-state index contributed by atoms with van der Waals surface area (Å²) in [6.07, 6.45) is -4.59. The predicted molar refractivity (Wildman–Crippen MR) is 105 cm³/mol. The maximum Gasteiger partial charge on any atom is 0.416 e. The number of rotatable bonds is 9. The molecule has 0 spiro atoms. The van der Waals surface area contributed by atoms with Gasteiger partial charge in [0.25, 0.3) is 0 Å². The number of hydrogen-bond acceptors (Lipinski definition) is 4. The number of nitrogens with one attached hydrogen (secondary N) is 2. The lowest BCUT2D eigenvalue weighted by Crippen LogP contribution is -2.36. The summed E-state index contributed by atoms with van der Waals surface area (Å²) in [7, 11) is -4.27. The summed E-state index contributed by atoms with van der Waals surface area (Å²) in [5.41, 5.74) is 0.644. The minimum Gasteiger partial charge on any atom is -0.374 e. The van der Waals surface area contributed by atoms with Crippen LogP contribution < -0.4 is 10.0 Å². The van der Waals surface area contributed by atoms with E-state index in [9.17, 15) is 26.4 Å². The predicted octanol–water partition coefficient (Wildman–Crippen LogP) is 3.23. The molecule has 0 aliphatic heterocycles. The number of carbonyl (C=O) groups excluding carboxylic acids is 1. The number of benzene rings is 2. The maximum absolute atomic E-state index is 12.8. The van der Waals surface area contributed by atoms with Crippen molar-refractivity contribution in [1.29, 1.82) is 0 Å². The van der Waals surface area contributed by atoms with Crippen molar-refractivity contribution in [3.63, 3.8) is 0 Å². The Labute approximate surface area is 173 Å². The van der Waals surface area contributed by atoms with E-state index >= 15 is 0 Å². The molecule has 0 radical (unpaired) electrons. The molecule has 10 heteroatoms. The molecule has 0 heterocycles. The van der Waals surface area contributed by atoms with E-state index in [-0.39, 0.29) is 12.6 Å². The zero-order chi connectivity index (χ0) is 22.4. The molecule has 1 amide bonds. The standard InChI is InChI=1S/C20H23F3N2O4S/c1-14(2)29-13-16-6-3-5-15(9-16)11-24-19(26)12-25-30(27,28)18-8-4-7-17(10-18)20(21,22)23/h3-10,14,25H,11-13H2,1-2H3,(H,24,26). The van der Waals surface area contributed by atoms with E-state index in [1.807, 2.05) is 36.8 Å². The smallest absolute Gasteiger partial charge is 0.374 e. The molecule has 6 nitrogen and oxygen atoms in total. The lowest BCUT2D eigenvalue weighted by Gasteiger charge is -2.11. The van der Waals surface area contributed by atoms with Crippen molar-refractivity contribution >= 4 is 15.9 Å². The molecule has 164 valence electrons. The van der Waals surface area contributed by atoms with Crippen LogP contribution in [0.3, 0.4) is 0 Å². The highest BCUT2D eigenvalue weighted by molar-refractivity contribution is 7.89. The Bertz CT molecular complexity index is 976. The summed E-state index contributed by atoms with van der Waals surface area (Å²) in [5.74, 6) is -0.616. The molecule has 30 heavy (non-hydrogen) atoms. The molecule has 2 aromatic rings. The zero-order valence-corrected chi connectivity index (χ0v) is 17.3. The second kappa shape index (κ2) is 10.1. The van der Waals surface area contributed by atoms with E-state index in [0.717, 1.165) is 29.3 Å². The van der Waals surface area contributed by atoms with Crippen LogP contribution >= 0.6 is 0 Å². The third-order valence-corrected chi connectivity index (χ3v) is 5.36. The first-order valence-corrected chi connectivity index (χ1v) is 10.6. The topological polar surface area (TPSA) is 84.5 Å². The van der Waals surface area contributed by atoms with Crippen LogP contribution in [0.1, 0.15) is 30.5 Å². The van der Waals surface area contributed by atoms with Gasteiger partial charge in [0.2, 0.25) is 15.9 Å². The van der Waals surface area contributed by atoms with Gasteiger partial charge in [-0.05, 0) is 43.2 Å². The summed E-state index contributed by atoms with van der Waals surface area (Å²) in [4.78, 5) is 11.4. The summed E-state index contributed by atoms with van der Waals surface area (Å²) in [5, 5.41) is 2.56. The van der Waals surface area contributed by atoms with E-state index in [4.69, 9.17) is 4.74 Å². The van der Waals surface area contributed by atoms with Gasteiger partial charge in [0.05, 0.1) is 29.7 Å². The fourth-order valence-electron chi connectivity index (χ4n) is 2.44. The number of ether oxygens (including phenoxy) is 1. The van der Waals surface area contributed by atoms with Gasteiger partial charge in [-0.1, -0.05) is 30.3 Å². The average Bonchev–Trinajstić information content (AvgIpc) is 2.69. The molecule has 0 bridgehead atoms. The quantitative estimate of drug-likeness (QED) is 0.622. The van der Waals surface area contributed by atoms with Crippen molar-refractivity contribution in [3.8, 4) is 0 Å². The summed E-state index contributed by atoms with van der Waals surface area (Å²) in [6.45, 7) is 3.83. The molecule has 0 aliphatic carbocycles. The molecule has 0 saturated heterocycles. The second-order valence-electron chi connectivity index (χ2n) is 6.81. The van der Waals surface area contributed by atoms with Crippen LogP contribution in [0.4, 0.5) is 13.2 Å². The molecular formula is C20H23F3N2O4S. The molecule has 2 aromatic carbocycles. The molecule has 0 atom stereocenters. The van der Waals surface area contributed by atoms with Crippen molar-refractivity contribution < 1.29 is 31.1 Å². The Kier molecular flexibility index (Phi) is 7.99. The Morgan fingerprint density at radius 3 is 2.40 bits per heavy atom. The van der Waals surface area contributed by atoms with E-state index in [1.165, 1.54) is 0 Å². The van der Waals surface area contributed by atoms with Crippen LogP contribution in [0, 0.1) is 0 Å². The third-order valence-electron chi connectivity index (χ3n) is 3.96. The number of halogens is 3. The summed E-state index contributed by atoms with van der Waals surface area (Å²) < 4.78 is 70.2. The van der Waals surface area contributed by atoms with Gasteiger partial charge >= 0.3 is 6.18 Å². The number of carbonyl (C=O) groups is 1. The normalized spacial score (nSPS) is 12.2. The van der Waals surface area contributed by atoms with Crippen molar-refractivity contribution in [2.24, 2.45) is 0 Å². The van der Waals surface area contributed by atoms with Crippen LogP contribution in [-0.2, 0) is 38.9 Å². The number of sulfonamides is 1. The minimum absolute atomic E-state index is 0.0817. The van der Waals surface area contributed by atoms with Gasteiger partial charge < -0.3 is 10.1 Å². The van der Waals surface area contributed by atoms with Gasteiger partial charge in [0.15, 0.2) is 0 Å². The zero-order valence-electron chi connectivity index (χ0n) is 16.5. The van der Waals surface area contributed by atoms with Gasteiger partial charge in [0, 0.05) is 6.54 Å². The molecular weight excluding hydrogens is 421 g/mol. The maximum atomic E-state index is 12.8. The Morgan fingerprint density at radius 1 is 1.07 bits per heavy atom. The SMILES string of the molecule is CC(C)OCc1cccc(CNC(=O)CNS(=O)(=O)c2cccc(C(F)(F)F)c2)c1. The van der Waals surface area contributed by atoms with Crippen molar-refractivity contribution in [3.05, 3.63) is 65.2 Å². The Balaban J connectivity index is 1.91. The largest absolute Gasteiger partial charge is 0.416 e. The van der Waals surface area contributed by atoms with E-state index < -0.39 is 39.1 Å². The van der Waals surface area contributed by atoms with Gasteiger partial charge in [-0.2, -0.15) is 13.2 Å². The molecule has 2 N–H and O–H groups in total. The van der Waals surface area contributed by atoms with E-state index in [0.29, 0.717) is 12.7 Å². The highest BCUT2D eigenvalue weighted by Crippen LogP contribution is 2.30. The van der Waals surface area contributed by atoms with Gasteiger partial charge in [-0.3, -0.25) is 4.79 Å². The van der Waals surface area contributed by atoms with Crippen LogP contribution in [0.2, 0.25) is 0 Å². The van der Waals surface area contributed by atoms with Crippen LogP contribution in [0.15, 0.2) is 53.4 Å². The molecule has 0 saturated carbocycles. The Hall–Kier alpha value is -2.43. The first-order valence-electron chi connectivity index (χ1n) is 9.10. The molecule has 0 unspecified atom stereocenters. The fourth-order valence-corrected chi connectivity index (χ4v) is 3.47. The van der Waals surface area contributed by atoms with Crippen LogP contribution in [0.25, 0.3) is 0 Å². The van der Waals surface area contributed by atoms with E-state index in [2.05, 4.69) is 5.32 Å². The van der Waals surface area contributed by atoms with Gasteiger partial charge in [-0.25, -0.2) is 13.1 Å². The highest BCUT2D eigenvalue weighted by atomic mass is 32.2. The lowest BCUT2D eigenvalue weighted by atomic mass is 10.1. The number of hydrogen-bond donors (Lipinski definition) is 2. The van der Waals surface area contributed by atoms with E-state index in [1.54, 1.807) is 6.07 Å². The molecule has 0 aliphatic rings. The second-order valence-corrected chi connectivity index (χ2v) is 8.57. The monoisotopic (exact) mass is 444 g/mol. The highest BCUT2D eigenvalue weighted by Gasteiger charge is 2.31. The minimum atomic E-state index is -4.67. The average molecular weight is 444 g/mol. The van der Waals surface area contributed by atoms with Crippen molar-refractivity contribution in [2.45, 2.75) is 44.2 Å². The number of alkyl halides is 3. The molecule has 2 rings (SSSR count). The van der Waals surface area contributed by atoms with Gasteiger partial charge in [-0.15, -0.1) is 0 Å². The van der Waals surface area contributed by atoms with Crippen molar-refractivity contribution in [2.75, 3.05) is 6.54 Å². The van der Waals surface area contributed by atoms with Crippen molar-refractivity contribution in [1.82, 2.24) is 10.0 Å². The molecule has 0 aromatic heterocycles. The lowest BCUT2D eigenvalue weighted by molar-refractivity contribution is -0.137. The third kappa shape index (κ3) is 7.43.